The Morgan fingerprint density at radius 1 is 1.08 bits per heavy atom. The summed E-state index contributed by atoms with van der Waals surface area (Å²) in [6.45, 7) is 11.1. The summed E-state index contributed by atoms with van der Waals surface area (Å²) >= 11 is 0. The number of benzene rings is 2. The predicted octanol–water partition coefficient (Wildman–Crippen LogP) is 6.37. The predicted molar refractivity (Wildman–Crippen MR) is 152 cm³/mol. The van der Waals surface area contributed by atoms with Crippen molar-refractivity contribution in [2.45, 2.75) is 52.1 Å². The molecule has 0 saturated carbocycles. The van der Waals surface area contributed by atoms with E-state index in [4.69, 9.17) is 9.72 Å². The average Bonchev–Trinajstić information content (AvgIpc) is 3.25. The van der Waals surface area contributed by atoms with Gasteiger partial charge in [0, 0.05) is 34.9 Å². The number of aromatic amines is 1. The summed E-state index contributed by atoms with van der Waals surface area (Å²) in [6.07, 6.45) is 2.83. The van der Waals surface area contributed by atoms with Gasteiger partial charge in [0.25, 0.3) is 5.91 Å². The summed E-state index contributed by atoms with van der Waals surface area (Å²) in [4.78, 5) is 23.7. The van der Waals surface area contributed by atoms with Crippen LogP contribution in [0.25, 0.3) is 22.2 Å². The summed E-state index contributed by atoms with van der Waals surface area (Å²) in [5, 5.41) is 1.22. The van der Waals surface area contributed by atoms with Gasteiger partial charge in [0.15, 0.2) is 0 Å². The molecule has 6 heteroatoms. The SMILES string of the molecule is CC(C)Oc1ccc(-c2ccc(C3c4[nH]c5ccccc5c4CCN3C(=O)C#C[Si](C)(C)C)cn2)cc1. The molecule has 0 saturated heterocycles. The third kappa shape index (κ3) is 5.33. The van der Waals surface area contributed by atoms with E-state index in [2.05, 4.69) is 60.4 Å². The summed E-state index contributed by atoms with van der Waals surface area (Å²) in [5.74, 6) is 3.69. The smallest absolute Gasteiger partial charge is 0.298 e. The van der Waals surface area contributed by atoms with Crippen LogP contribution in [0.2, 0.25) is 19.6 Å². The van der Waals surface area contributed by atoms with Crippen molar-refractivity contribution < 1.29 is 9.53 Å². The van der Waals surface area contributed by atoms with Crippen LogP contribution in [0.15, 0.2) is 66.9 Å². The first-order chi connectivity index (χ1) is 17.7. The molecule has 3 heterocycles. The molecule has 0 fully saturated rings. The van der Waals surface area contributed by atoms with Crippen molar-refractivity contribution in [2.75, 3.05) is 6.54 Å². The van der Waals surface area contributed by atoms with Gasteiger partial charge >= 0.3 is 0 Å². The molecule has 1 amide bonds. The maximum Gasteiger partial charge on any atom is 0.298 e. The number of nitrogens with zero attached hydrogens (tertiary/aromatic N) is 2. The van der Waals surface area contributed by atoms with E-state index in [1.807, 2.05) is 61.3 Å². The van der Waals surface area contributed by atoms with Gasteiger partial charge in [-0.25, -0.2) is 0 Å². The first kappa shape index (κ1) is 24.9. The number of carbonyl (C=O) groups is 1. The number of nitrogens with one attached hydrogen (secondary N) is 1. The van der Waals surface area contributed by atoms with Gasteiger partial charge in [0.1, 0.15) is 13.8 Å². The number of fused-ring (bicyclic) bond motifs is 3. The largest absolute Gasteiger partial charge is 0.491 e. The van der Waals surface area contributed by atoms with Crippen molar-refractivity contribution in [2.24, 2.45) is 0 Å². The number of pyridine rings is 1. The zero-order valence-electron chi connectivity index (χ0n) is 22.1. The summed E-state index contributed by atoms with van der Waals surface area (Å²) < 4.78 is 5.77. The topological polar surface area (TPSA) is 58.2 Å². The highest BCUT2D eigenvalue weighted by Gasteiger charge is 2.34. The molecule has 1 aliphatic rings. The fraction of sp³-hybridized carbons (Fsp3) is 0.290. The van der Waals surface area contributed by atoms with Crippen molar-refractivity contribution in [3.63, 3.8) is 0 Å². The van der Waals surface area contributed by atoms with Crippen molar-refractivity contribution in [3.8, 4) is 28.5 Å². The zero-order valence-corrected chi connectivity index (χ0v) is 23.1. The molecule has 1 aliphatic heterocycles. The van der Waals surface area contributed by atoms with Gasteiger partial charge in [-0.15, -0.1) is 5.54 Å². The van der Waals surface area contributed by atoms with Crippen molar-refractivity contribution in [3.05, 3.63) is 83.7 Å². The van der Waals surface area contributed by atoms with Gasteiger partial charge in [0.05, 0.1) is 17.8 Å². The lowest BCUT2D eigenvalue weighted by Crippen LogP contribution is -2.40. The fourth-order valence-corrected chi connectivity index (χ4v) is 5.32. The average molecular weight is 508 g/mol. The van der Waals surface area contributed by atoms with Crippen LogP contribution in [-0.4, -0.2) is 41.5 Å². The van der Waals surface area contributed by atoms with E-state index in [9.17, 15) is 4.79 Å². The standard InChI is InChI=1S/C31H33N3O2Si/c1-21(2)36-24-13-10-22(11-14-24)27-15-12-23(20-32-27)31-30-26(25-8-6-7-9-28(25)33-30)16-18-34(31)29(35)17-19-37(3,4)5/h6-15,20-21,31,33H,16,18H2,1-5H3. The Bertz CT molecular complexity index is 1490. The molecular formula is C31H33N3O2Si. The Hall–Kier alpha value is -3.82. The molecule has 4 aromatic rings. The summed E-state index contributed by atoms with van der Waals surface area (Å²) in [6, 6.07) is 20.2. The molecule has 0 radical (unpaired) electrons. The normalized spacial score (nSPS) is 15.3. The summed E-state index contributed by atoms with van der Waals surface area (Å²) in [7, 11) is -1.68. The number of H-pyrrole nitrogens is 1. The molecule has 0 bridgehead atoms. The molecule has 37 heavy (non-hydrogen) atoms. The van der Waals surface area contributed by atoms with Gasteiger partial charge in [-0.05, 0) is 73.7 Å². The van der Waals surface area contributed by atoms with E-state index in [-0.39, 0.29) is 18.1 Å². The number of carbonyl (C=O) groups excluding carboxylic acids is 1. The van der Waals surface area contributed by atoms with Gasteiger partial charge in [-0.2, -0.15) is 0 Å². The van der Waals surface area contributed by atoms with Gasteiger partial charge in [-0.1, -0.05) is 43.9 Å². The monoisotopic (exact) mass is 507 g/mol. The molecule has 1 unspecified atom stereocenters. The first-order valence-corrected chi connectivity index (χ1v) is 16.4. The highest BCUT2D eigenvalue weighted by molar-refractivity contribution is 6.84. The lowest BCUT2D eigenvalue weighted by atomic mass is 9.92. The first-order valence-electron chi connectivity index (χ1n) is 12.9. The minimum Gasteiger partial charge on any atom is -0.491 e. The second-order valence-corrected chi connectivity index (χ2v) is 15.6. The minimum atomic E-state index is -1.68. The number of rotatable bonds is 4. The maximum atomic E-state index is 13.4. The van der Waals surface area contributed by atoms with Crippen LogP contribution < -0.4 is 4.74 Å². The Kier molecular flexibility index (Phi) is 6.66. The van der Waals surface area contributed by atoms with Crippen LogP contribution in [0, 0.1) is 11.5 Å². The van der Waals surface area contributed by atoms with E-state index >= 15 is 0 Å². The number of hydrogen-bond acceptors (Lipinski definition) is 3. The van der Waals surface area contributed by atoms with Crippen molar-refractivity contribution >= 4 is 24.9 Å². The van der Waals surface area contributed by atoms with Gasteiger partial charge in [-0.3, -0.25) is 9.78 Å². The van der Waals surface area contributed by atoms with Crippen LogP contribution in [0.1, 0.15) is 36.7 Å². The fourth-order valence-electron chi connectivity index (χ4n) is 4.83. The number of ether oxygens (including phenoxy) is 1. The molecule has 2 aromatic carbocycles. The highest BCUT2D eigenvalue weighted by atomic mass is 28.3. The summed E-state index contributed by atoms with van der Waals surface area (Å²) in [5.41, 5.74) is 9.54. The van der Waals surface area contributed by atoms with Crippen molar-refractivity contribution in [1.82, 2.24) is 14.9 Å². The Morgan fingerprint density at radius 2 is 1.84 bits per heavy atom. The molecule has 0 spiro atoms. The number of aromatic nitrogens is 2. The number of amides is 1. The van der Waals surface area contributed by atoms with E-state index in [1.165, 1.54) is 10.9 Å². The Morgan fingerprint density at radius 3 is 2.51 bits per heavy atom. The highest BCUT2D eigenvalue weighted by Crippen LogP contribution is 2.38. The molecule has 5 nitrogen and oxygen atoms in total. The van der Waals surface area contributed by atoms with E-state index in [1.54, 1.807) is 0 Å². The third-order valence-electron chi connectivity index (χ3n) is 6.46. The van der Waals surface area contributed by atoms with Crippen LogP contribution >= 0.6 is 0 Å². The lowest BCUT2D eigenvalue weighted by Gasteiger charge is -2.35. The van der Waals surface area contributed by atoms with E-state index in [0.29, 0.717) is 6.54 Å². The third-order valence-corrected chi connectivity index (χ3v) is 7.34. The second-order valence-electron chi connectivity index (χ2n) is 10.9. The van der Waals surface area contributed by atoms with Crippen LogP contribution in [0.4, 0.5) is 0 Å². The van der Waals surface area contributed by atoms with Gasteiger partial charge in [0.2, 0.25) is 0 Å². The minimum absolute atomic E-state index is 0.124. The molecule has 1 atom stereocenters. The molecule has 0 aliphatic carbocycles. The molecule has 1 N–H and O–H groups in total. The number of hydrogen-bond donors (Lipinski definition) is 1. The zero-order chi connectivity index (χ0) is 26.2. The van der Waals surface area contributed by atoms with Crippen LogP contribution in [0.3, 0.4) is 0 Å². The number of para-hydroxylation sites is 1. The van der Waals surface area contributed by atoms with Crippen LogP contribution in [0.5, 0.6) is 5.75 Å². The molecule has 5 rings (SSSR count). The molecular weight excluding hydrogens is 474 g/mol. The quantitative estimate of drug-likeness (QED) is 0.258. The van der Waals surface area contributed by atoms with Gasteiger partial charge < -0.3 is 14.6 Å². The molecule has 188 valence electrons. The van der Waals surface area contributed by atoms with E-state index < -0.39 is 8.07 Å². The van der Waals surface area contributed by atoms with Crippen molar-refractivity contribution in [1.29, 1.82) is 0 Å². The maximum absolute atomic E-state index is 13.4. The Balaban J connectivity index is 1.52. The van der Waals surface area contributed by atoms with Crippen LogP contribution in [-0.2, 0) is 11.2 Å². The van der Waals surface area contributed by atoms with E-state index in [0.717, 1.165) is 40.2 Å². The Labute approximate surface area is 219 Å². The lowest BCUT2D eigenvalue weighted by molar-refractivity contribution is -0.127. The second kappa shape index (κ2) is 9.91. The molecule has 2 aromatic heterocycles.